The van der Waals surface area contributed by atoms with Gasteiger partial charge in [-0.25, -0.2) is 4.68 Å². The van der Waals surface area contributed by atoms with E-state index >= 15 is 0 Å². The molecule has 1 aromatic heterocycles. The second-order valence-corrected chi connectivity index (χ2v) is 6.16. The number of amides is 1. The SMILES string of the molecule is CCC(C)C(N)C(=O)Nc1cccc(-c2nnnn2C2CC2)c1. The fourth-order valence-corrected chi connectivity index (χ4v) is 2.42. The first-order chi connectivity index (χ1) is 11.1. The maximum Gasteiger partial charge on any atom is 0.241 e. The van der Waals surface area contributed by atoms with E-state index in [-0.39, 0.29) is 11.8 Å². The lowest BCUT2D eigenvalue weighted by Gasteiger charge is -2.18. The van der Waals surface area contributed by atoms with Gasteiger partial charge in [0.15, 0.2) is 5.82 Å². The zero-order valence-electron chi connectivity index (χ0n) is 13.4. The van der Waals surface area contributed by atoms with Crippen LogP contribution in [0, 0.1) is 5.92 Å². The lowest BCUT2D eigenvalue weighted by Crippen LogP contribution is -2.40. The van der Waals surface area contributed by atoms with Gasteiger partial charge in [0.25, 0.3) is 0 Å². The smallest absolute Gasteiger partial charge is 0.241 e. The Labute approximate surface area is 135 Å². The summed E-state index contributed by atoms with van der Waals surface area (Å²) >= 11 is 0. The summed E-state index contributed by atoms with van der Waals surface area (Å²) in [5.74, 6) is 0.702. The normalized spacial score (nSPS) is 16.8. The van der Waals surface area contributed by atoms with Crippen molar-refractivity contribution in [2.75, 3.05) is 5.32 Å². The summed E-state index contributed by atoms with van der Waals surface area (Å²) in [5, 5.41) is 14.8. The highest BCUT2D eigenvalue weighted by molar-refractivity contribution is 5.95. The van der Waals surface area contributed by atoms with Crippen LogP contribution in [0.3, 0.4) is 0 Å². The van der Waals surface area contributed by atoms with Crippen molar-refractivity contribution in [1.82, 2.24) is 20.2 Å². The first kappa shape index (κ1) is 15.6. The van der Waals surface area contributed by atoms with E-state index in [9.17, 15) is 4.79 Å². The Morgan fingerprint density at radius 2 is 2.26 bits per heavy atom. The van der Waals surface area contributed by atoms with Crippen molar-refractivity contribution < 1.29 is 4.79 Å². The van der Waals surface area contributed by atoms with Crippen LogP contribution in [0.2, 0.25) is 0 Å². The van der Waals surface area contributed by atoms with Crippen LogP contribution in [0.5, 0.6) is 0 Å². The highest BCUT2D eigenvalue weighted by Gasteiger charge is 2.28. The molecule has 1 saturated carbocycles. The van der Waals surface area contributed by atoms with Gasteiger partial charge in [0, 0.05) is 11.3 Å². The van der Waals surface area contributed by atoms with Gasteiger partial charge in [-0.1, -0.05) is 32.4 Å². The molecule has 7 heteroatoms. The molecule has 0 radical (unpaired) electrons. The number of nitrogens with zero attached hydrogens (tertiary/aromatic N) is 4. The first-order valence-corrected chi connectivity index (χ1v) is 8.05. The molecule has 1 heterocycles. The number of nitrogens with one attached hydrogen (secondary N) is 1. The van der Waals surface area contributed by atoms with Gasteiger partial charge in [-0.15, -0.1) is 5.10 Å². The van der Waals surface area contributed by atoms with Crippen LogP contribution < -0.4 is 11.1 Å². The molecule has 0 aliphatic heterocycles. The summed E-state index contributed by atoms with van der Waals surface area (Å²) in [6, 6.07) is 7.43. The molecule has 2 aromatic rings. The lowest BCUT2D eigenvalue weighted by atomic mass is 9.99. The van der Waals surface area contributed by atoms with Crippen LogP contribution in [0.25, 0.3) is 11.4 Å². The molecule has 1 aliphatic carbocycles. The second kappa shape index (κ2) is 6.45. The predicted octanol–water partition coefficient (Wildman–Crippen LogP) is 1.99. The molecule has 1 aromatic carbocycles. The van der Waals surface area contributed by atoms with Crippen LogP contribution in [-0.4, -0.2) is 32.2 Å². The van der Waals surface area contributed by atoms with Crippen molar-refractivity contribution in [3.63, 3.8) is 0 Å². The molecule has 0 bridgehead atoms. The quantitative estimate of drug-likeness (QED) is 0.849. The third-order valence-corrected chi connectivity index (χ3v) is 4.33. The fraction of sp³-hybridized carbons (Fsp3) is 0.500. The van der Waals surface area contributed by atoms with Crippen molar-refractivity contribution in [2.24, 2.45) is 11.7 Å². The number of benzene rings is 1. The average Bonchev–Trinajstić information content (AvgIpc) is 3.30. The Balaban J connectivity index is 1.77. The van der Waals surface area contributed by atoms with E-state index in [0.717, 1.165) is 30.7 Å². The number of rotatable bonds is 6. The number of tetrazole rings is 1. The molecule has 2 atom stereocenters. The second-order valence-electron chi connectivity index (χ2n) is 6.16. The monoisotopic (exact) mass is 314 g/mol. The zero-order valence-corrected chi connectivity index (χ0v) is 13.4. The van der Waals surface area contributed by atoms with Gasteiger partial charge >= 0.3 is 0 Å². The van der Waals surface area contributed by atoms with Crippen molar-refractivity contribution >= 4 is 11.6 Å². The number of hydrogen-bond donors (Lipinski definition) is 2. The van der Waals surface area contributed by atoms with Crippen molar-refractivity contribution in [3.8, 4) is 11.4 Å². The number of hydrogen-bond acceptors (Lipinski definition) is 5. The Morgan fingerprint density at radius 1 is 1.48 bits per heavy atom. The largest absolute Gasteiger partial charge is 0.325 e. The summed E-state index contributed by atoms with van der Waals surface area (Å²) in [6.07, 6.45) is 3.08. The Morgan fingerprint density at radius 3 is 2.96 bits per heavy atom. The number of carbonyl (C=O) groups excluding carboxylic acids is 1. The average molecular weight is 314 g/mol. The van der Waals surface area contributed by atoms with Crippen LogP contribution in [0.4, 0.5) is 5.69 Å². The third-order valence-electron chi connectivity index (χ3n) is 4.33. The third kappa shape index (κ3) is 3.39. The van der Waals surface area contributed by atoms with E-state index in [2.05, 4.69) is 20.8 Å². The van der Waals surface area contributed by atoms with E-state index in [1.54, 1.807) is 0 Å². The number of carbonyl (C=O) groups is 1. The maximum atomic E-state index is 12.2. The van der Waals surface area contributed by atoms with Gasteiger partial charge < -0.3 is 11.1 Å². The highest BCUT2D eigenvalue weighted by atomic mass is 16.2. The highest BCUT2D eigenvalue weighted by Crippen LogP contribution is 2.36. The fourth-order valence-electron chi connectivity index (χ4n) is 2.42. The minimum absolute atomic E-state index is 0.139. The minimum Gasteiger partial charge on any atom is -0.325 e. The van der Waals surface area contributed by atoms with Crippen molar-refractivity contribution in [1.29, 1.82) is 0 Å². The predicted molar refractivity (Wildman–Crippen MR) is 87.6 cm³/mol. The Hall–Kier alpha value is -2.28. The molecule has 1 aliphatic rings. The van der Waals surface area contributed by atoms with Crippen LogP contribution >= 0.6 is 0 Å². The van der Waals surface area contributed by atoms with E-state index in [1.807, 2.05) is 42.8 Å². The summed E-state index contributed by atoms with van der Waals surface area (Å²) in [6.45, 7) is 4.00. The Kier molecular flexibility index (Phi) is 4.38. The van der Waals surface area contributed by atoms with E-state index in [1.165, 1.54) is 0 Å². The topological polar surface area (TPSA) is 98.7 Å². The lowest BCUT2D eigenvalue weighted by molar-refractivity contribution is -0.118. The van der Waals surface area contributed by atoms with Gasteiger partial charge in [-0.05, 0) is 41.3 Å². The summed E-state index contributed by atoms with van der Waals surface area (Å²) in [5.41, 5.74) is 7.57. The van der Waals surface area contributed by atoms with Crippen LogP contribution in [-0.2, 0) is 4.79 Å². The maximum absolute atomic E-state index is 12.2. The molecule has 23 heavy (non-hydrogen) atoms. The molecule has 2 unspecified atom stereocenters. The van der Waals surface area contributed by atoms with Crippen molar-refractivity contribution in [3.05, 3.63) is 24.3 Å². The van der Waals surface area contributed by atoms with Gasteiger partial charge in [0.05, 0.1) is 12.1 Å². The summed E-state index contributed by atoms with van der Waals surface area (Å²) < 4.78 is 1.85. The molecule has 1 fully saturated rings. The Bertz CT molecular complexity index is 693. The summed E-state index contributed by atoms with van der Waals surface area (Å²) in [4.78, 5) is 12.2. The number of anilines is 1. The number of aromatic nitrogens is 4. The van der Waals surface area contributed by atoms with Gasteiger partial charge in [0.2, 0.25) is 5.91 Å². The minimum atomic E-state index is -0.513. The molecular formula is C16H22N6O. The molecule has 7 nitrogen and oxygen atoms in total. The molecule has 122 valence electrons. The van der Waals surface area contributed by atoms with Crippen molar-refractivity contribution in [2.45, 2.75) is 45.2 Å². The van der Waals surface area contributed by atoms with Gasteiger partial charge in [-0.3, -0.25) is 4.79 Å². The summed E-state index contributed by atoms with van der Waals surface area (Å²) in [7, 11) is 0. The standard InChI is InChI=1S/C16H22N6O/c1-3-10(2)14(17)16(23)18-12-6-4-5-11(9-12)15-19-20-21-22(15)13-7-8-13/h4-6,9-10,13-14H,3,7-8,17H2,1-2H3,(H,18,23). The van der Waals surface area contributed by atoms with Gasteiger partial charge in [0.1, 0.15) is 0 Å². The molecular weight excluding hydrogens is 292 g/mol. The molecule has 1 amide bonds. The van der Waals surface area contributed by atoms with Crippen LogP contribution in [0.1, 0.15) is 39.2 Å². The molecule has 3 rings (SSSR count). The van der Waals surface area contributed by atoms with Gasteiger partial charge in [-0.2, -0.15) is 0 Å². The molecule has 3 N–H and O–H groups in total. The first-order valence-electron chi connectivity index (χ1n) is 8.05. The molecule has 0 saturated heterocycles. The van der Waals surface area contributed by atoms with Crippen LogP contribution in [0.15, 0.2) is 24.3 Å². The van der Waals surface area contributed by atoms with E-state index in [0.29, 0.717) is 11.7 Å². The zero-order chi connectivity index (χ0) is 16.4. The number of nitrogens with two attached hydrogens (primary N) is 1. The van der Waals surface area contributed by atoms with E-state index < -0.39 is 6.04 Å². The molecule has 0 spiro atoms. The van der Waals surface area contributed by atoms with E-state index in [4.69, 9.17) is 5.73 Å².